The molecule has 0 aromatic heterocycles. The van der Waals surface area contributed by atoms with Crippen molar-refractivity contribution < 1.29 is 4.74 Å². The highest BCUT2D eigenvalue weighted by atomic mass is 16.5. The first-order valence-corrected chi connectivity index (χ1v) is 6.96. The summed E-state index contributed by atoms with van der Waals surface area (Å²) >= 11 is 0. The highest BCUT2D eigenvalue weighted by Crippen LogP contribution is 2.22. The molecule has 0 unspecified atom stereocenters. The lowest BCUT2D eigenvalue weighted by Gasteiger charge is -2.05. The molecule has 0 aliphatic heterocycles. The van der Waals surface area contributed by atoms with Crippen LogP contribution in [0.15, 0.2) is 84.9 Å². The Kier molecular flexibility index (Phi) is 4.13. The van der Waals surface area contributed by atoms with E-state index >= 15 is 0 Å². The van der Waals surface area contributed by atoms with Gasteiger partial charge in [-0.25, -0.2) is 0 Å². The summed E-state index contributed by atoms with van der Waals surface area (Å²) in [6.07, 6.45) is 4.19. The number of hydrogen-bond acceptors (Lipinski definition) is 1. The van der Waals surface area contributed by atoms with Gasteiger partial charge in [-0.15, -0.1) is 0 Å². The SMILES string of the molecule is C(=Cc1cccc(Oc2ccccc2)c1)c1ccccc1. The first-order valence-electron chi connectivity index (χ1n) is 6.96. The van der Waals surface area contributed by atoms with E-state index in [9.17, 15) is 0 Å². The lowest BCUT2D eigenvalue weighted by atomic mass is 10.1. The van der Waals surface area contributed by atoms with Crippen molar-refractivity contribution in [2.45, 2.75) is 0 Å². The van der Waals surface area contributed by atoms with Crippen LogP contribution in [0.25, 0.3) is 12.2 Å². The maximum absolute atomic E-state index is 5.84. The molecule has 0 spiro atoms. The van der Waals surface area contributed by atoms with Crippen molar-refractivity contribution in [1.29, 1.82) is 0 Å². The zero-order valence-electron chi connectivity index (χ0n) is 11.6. The smallest absolute Gasteiger partial charge is 0.128 e. The molecule has 0 saturated carbocycles. The Bertz CT molecular complexity index is 715. The zero-order chi connectivity index (χ0) is 14.3. The van der Waals surface area contributed by atoms with Gasteiger partial charge in [0.15, 0.2) is 0 Å². The highest BCUT2D eigenvalue weighted by molar-refractivity contribution is 5.70. The second-order valence-corrected chi connectivity index (χ2v) is 4.73. The molecule has 3 aromatic carbocycles. The molecule has 0 heterocycles. The zero-order valence-corrected chi connectivity index (χ0v) is 11.6. The number of para-hydroxylation sites is 1. The minimum atomic E-state index is 0.844. The van der Waals surface area contributed by atoms with Crippen LogP contribution in [0, 0.1) is 0 Å². The molecule has 0 atom stereocenters. The summed E-state index contributed by atoms with van der Waals surface area (Å²) < 4.78 is 5.84. The van der Waals surface area contributed by atoms with Crippen molar-refractivity contribution in [3.05, 3.63) is 96.1 Å². The van der Waals surface area contributed by atoms with Crippen molar-refractivity contribution >= 4 is 12.2 Å². The van der Waals surface area contributed by atoms with Gasteiger partial charge in [-0.05, 0) is 35.4 Å². The number of rotatable bonds is 4. The van der Waals surface area contributed by atoms with Crippen LogP contribution >= 0.6 is 0 Å². The van der Waals surface area contributed by atoms with E-state index < -0.39 is 0 Å². The second-order valence-electron chi connectivity index (χ2n) is 4.73. The fourth-order valence-electron chi connectivity index (χ4n) is 2.06. The second kappa shape index (κ2) is 6.58. The standard InChI is InChI=1S/C20H16O/c1-3-8-17(9-4-1)14-15-18-10-7-13-20(16-18)21-19-11-5-2-6-12-19/h1-16H. The normalized spacial score (nSPS) is 10.7. The predicted molar refractivity (Wildman–Crippen MR) is 88.3 cm³/mol. The monoisotopic (exact) mass is 272 g/mol. The molecule has 0 N–H and O–H groups in total. The summed E-state index contributed by atoms with van der Waals surface area (Å²) in [7, 11) is 0. The van der Waals surface area contributed by atoms with Gasteiger partial charge in [-0.2, -0.15) is 0 Å². The van der Waals surface area contributed by atoms with Crippen molar-refractivity contribution in [3.8, 4) is 11.5 Å². The molecule has 3 aromatic rings. The molecular formula is C20H16O. The molecular weight excluding hydrogens is 256 g/mol. The van der Waals surface area contributed by atoms with Crippen molar-refractivity contribution in [2.24, 2.45) is 0 Å². The van der Waals surface area contributed by atoms with Gasteiger partial charge in [-0.3, -0.25) is 0 Å². The van der Waals surface area contributed by atoms with Gasteiger partial charge in [0.05, 0.1) is 0 Å². The molecule has 0 fully saturated rings. The Labute approximate surface area is 125 Å². The summed E-state index contributed by atoms with van der Waals surface area (Å²) in [5.41, 5.74) is 2.30. The summed E-state index contributed by atoms with van der Waals surface area (Å²) in [4.78, 5) is 0. The quantitative estimate of drug-likeness (QED) is 0.558. The third-order valence-corrected chi connectivity index (χ3v) is 3.10. The Hall–Kier alpha value is -2.80. The molecule has 0 aliphatic carbocycles. The molecule has 0 amide bonds. The van der Waals surface area contributed by atoms with E-state index in [4.69, 9.17) is 4.74 Å². The van der Waals surface area contributed by atoms with Crippen LogP contribution in [0.4, 0.5) is 0 Å². The number of hydrogen-bond donors (Lipinski definition) is 0. The third-order valence-electron chi connectivity index (χ3n) is 3.10. The largest absolute Gasteiger partial charge is 0.457 e. The number of benzene rings is 3. The molecule has 21 heavy (non-hydrogen) atoms. The van der Waals surface area contributed by atoms with Crippen molar-refractivity contribution in [1.82, 2.24) is 0 Å². The van der Waals surface area contributed by atoms with Crippen LogP contribution < -0.4 is 4.74 Å². The van der Waals surface area contributed by atoms with Crippen LogP contribution in [-0.2, 0) is 0 Å². The summed E-state index contributed by atoms with van der Waals surface area (Å²) in [5.74, 6) is 1.69. The maximum Gasteiger partial charge on any atom is 0.128 e. The molecule has 0 bridgehead atoms. The lowest BCUT2D eigenvalue weighted by molar-refractivity contribution is 0.482. The first kappa shape index (κ1) is 13.2. The minimum Gasteiger partial charge on any atom is -0.457 e. The van der Waals surface area contributed by atoms with E-state index in [0.29, 0.717) is 0 Å². The van der Waals surface area contributed by atoms with Crippen LogP contribution in [0.3, 0.4) is 0 Å². The van der Waals surface area contributed by atoms with Gasteiger partial charge in [0.2, 0.25) is 0 Å². The van der Waals surface area contributed by atoms with E-state index in [1.807, 2.05) is 66.7 Å². The van der Waals surface area contributed by atoms with Crippen molar-refractivity contribution in [2.75, 3.05) is 0 Å². The summed E-state index contributed by atoms with van der Waals surface area (Å²) in [5, 5.41) is 0. The van der Waals surface area contributed by atoms with Crippen LogP contribution in [0.1, 0.15) is 11.1 Å². The molecule has 102 valence electrons. The average molecular weight is 272 g/mol. The van der Waals surface area contributed by atoms with Gasteiger partial charge in [0.1, 0.15) is 11.5 Å². The van der Waals surface area contributed by atoms with E-state index in [1.54, 1.807) is 0 Å². The topological polar surface area (TPSA) is 9.23 Å². The molecule has 1 heteroatoms. The Morgan fingerprint density at radius 2 is 1.10 bits per heavy atom. The average Bonchev–Trinajstić information content (AvgIpc) is 2.55. The van der Waals surface area contributed by atoms with Gasteiger partial charge in [-0.1, -0.05) is 72.8 Å². The minimum absolute atomic E-state index is 0.844. The molecule has 0 aliphatic rings. The highest BCUT2D eigenvalue weighted by Gasteiger charge is 1.97. The van der Waals surface area contributed by atoms with Crippen LogP contribution in [-0.4, -0.2) is 0 Å². The van der Waals surface area contributed by atoms with Crippen molar-refractivity contribution in [3.63, 3.8) is 0 Å². The predicted octanol–water partition coefficient (Wildman–Crippen LogP) is 5.65. The Morgan fingerprint density at radius 3 is 1.86 bits per heavy atom. The van der Waals surface area contributed by atoms with Gasteiger partial charge in [0, 0.05) is 0 Å². The summed E-state index contributed by atoms with van der Waals surface area (Å²) in [6, 6.07) is 28.1. The maximum atomic E-state index is 5.84. The summed E-state index contributed by atoms with van der Waals surface area (Å²) in [6.45, 7) is 0. The molecule has 3 rings (SSSR count). The Balaban J connectivity index is 1.76. The fourth-order valence-corrected chi connectivity index (χ4v) is 2.06. The van der Waals surface area contributed by atoms with Gasteiger partial charge < -0.3 is 4.74 Å². The number of ether oxygens (including phenoxy) is 1. The van der Waals surface area contributed by atoms with Gasteiger partial charge >= 0.3 is 0 Å². The Morgan fingerprint density at radius 1 is 0.524 bits per heavy atom. The van der Waals surface area contributed by atoms with E-state index in [1.165, 1.54) is 5.56 Å². The van der Waals surface area contributed by atoms with E-state index in [-0.39, 0.29) is 0 Å². The van der Waals surface area contributed by atoms with Crippen LogP contribution in [0.5, 0.6) is 11.5 Å². The molecule has 0 radical (unpaired) electrons. The van der Waals surface area contributed by atoms with E-state index in [2.05, 4.69) is 30.4 Å². The van der Waals surface area contributed by atoms with Gasteiger partial charge in [0.25, 0.3) is 0 Å². The van der Waals surface area contributed by atoms with Crippen LogP contribution in [0.2, 0.25) is 0 Å². The molecule has 0 saturated heterocycles. The fraction of sp³-hybridized carbons (Fsp3) is 0. The van der Waals surface area contributed by atoms with E-state index in [0.717, 1.165) is 17.1 Å². The lowest BCUT2D eigenvalue weighted by Crippen LogP contribution is -1.83. The molecule has 1 nitrogen and oxygen atoms in total. The first-order chi connectivity index (χ1) is 10.4. The third kappa shape index (κ3) is 3.83.